The minimum absolute atomic E-state index is 0.00150. The lowest BCUT2D eigenvalue weighted by Crippen LogP contribution is -2.39. The maximum Gasteiger partial charge on any atom is 0.252 e. The summed E-state index contributed by atoms with van der Waals surface area (Å²) in [7, 11) is 0. The van der Waals surface area contributed by atoms with E-state index in [2.05, 4.69) is 21.2 Å². The van der Waals surface area contributed by atoms with Gasteiger partial charge in [-0.3, -0.25) is 4.79 Å². The lowest BCUT2D eigenvalue weighted by atomic mass is 10.1. The summed E-state index contributed by atoms with van der Waals surface area (Å²) in [5.74, 6) is -0.160. The lowest BCUT2D eigenvalue weighted by Gasteiger charge is -2.15. The van der Waals surface area contributed by atoms with Crippen LogP contribution >= 0.6 is 27.5 Å². The van der Waals surface area contributed by atoms with E-state index in [4.69, 9.17) is 17.3 Å². The Kier molecular flexibility index (Phi) is 5.25. The predicted octanol–water partition coefficient (Wildman–Crippen LogP) is 2.57. The molecular formula is C11H14BrClN2O. The number of benzene rings is 1. The van der Waals surface area contributed by atoms with E-state index in [0.29, 0.717) is 17.1 Å². The van der Waals surface area contributed by atoms with E-state index in [1.807, 2.05) is 6.92 Å². The minimum Gasteiger partial charge on any atom is -0.348 e. The number of nitrogens with two attached hydrogens (primary N) is 1. The standard InChI is InChI=1S/C11H14BrClN2O/c1-2-8(6-14)15-11(16)9-5-7(13)3-4-10(9)12/h3-5,8H,2,6,14H2,1H3,(H,15,16). The third-order valence-corrected chi connectivity index (χ3v) is 3.21. The summed E-state index contributed by atoms with van der Waals surface area (Å²) >= 11 is 9.15. The smallest absolute Gasteiger partial charge is 0.252 e. The summed E-state index contributed by atoms with van der Waals surface area (Å²) in [6.45, 7) is 2.41. The zero-order valence-electron chi connectivity index (χ0n) is 8.97. The summed E-state index contributed by atoms with van der Waals surface area (Å²) in [6.07, 6.45) is 0.806. The first-order valence-electron chi connectivity index (χ1n) is 5.04. The molecule has 0 aromatic heterocycles. The summed E-state index contributed by atoms with van der Waals surface area (Å²) < 4.78 is 0.723. The molecule has 0 aliphatic heterocycles. The van der Waals surface area contributed by atoms with Crippen LogP contribution in [0.4, 0.5) is 0 Å². The third kappa shape index (κ3) is 3.47. The molecular weight excluding hydrogens is 291 g/mol. The van der Waals surface area contributed by atoms with Gasteiger partial charge in [0.25, 0.3) is 5.91 Å². The van der Waals surface area contributed by atoms with Gasteiger partial charge in [0, 0.05) is 22.1 Å². The molecule has 1 aromatic rings. The molecule has 0 bridgehead atoms. The maximum atomic E-state index is 11.9. The van der Waals surface area contributed by atoms with E-state index in [9.17, 15) is 4.79 Å². The molecule has 1 unspecified atom stereocenters. The SMILES string of the molecule is CCC(CN)NC(=O)c1cc(Cl)ccc1Br. The number of rotatable bonds is 4. The van der Waals surface area contributed by atoms with Gasteiger partial charge in [-0.05, 0) is 40.5 Å². The van der Waals surface area contributed by atoms with Gasteiger partial charge in [-0.25, -0.2) is 0 Å². The van der Waals surface area contributed by atoms with Crippen LogP contribution in [-0.2, 0) is 0 Å². The molecule has 0 saturated heterocycles. The first-order valence-corrected chi connectivity index (χ1v) is 6.21. The number of amides is 1. The predicted molar refractivity (Wildman–Crippen MR) is 69.8 cm³/mol. The third-order valence-electron chi connectivity index (χ3n) is 2.29. The molecule has 0 aliphatic rings. The Morgan fingerprint density at radius 3 is 2.88 bits per heavy atom. The van der Waals surface area contributed by atoms with Crippen LogP contribution in [0.2, 0.25) is 5.02 Å². The van der Waals surface area contributed by atoms with Crippen molar-refractivity contribution in [2.45, 2.75) is 19.4 Å². The van der Waals surface area contributed by atoms with Crippen molar-refractivity contribution in [3.8, 4) is 0 Å². The molecule has 1 aromatic carbocycles. The molecule has 88 valence electrons. The van der Waals surface area contributed by atoms with Gasteiger partial charge >= 0.3 is 0 Å². The quantitative estimate of drug-likeness (QED) is 0.898. The van der Waals surface area contributed by atoms with Gasteiger partial charge in [-0.15, -0.1) is 0 Å². The first kappa shape index (κ1) is 13.5. The molecule has 3 nitrogen and oxygen atoms in total. The molecule has 3 N–H and O–H groups in total. The van der Waals surface area contributed by atoms with Gasteiger partial charge < -0.3 is 11.1 Å². The highest BCUT2D eigenvalue weighted by Crippen LogP contribution is 2.21. The fourth-order valence-corrected chi connectivity index (χ4v) is 1.86. The summed E-state index contributed by atoms with van der Waals surface area (Å²) in [4.78, 5) is 11.9. The van der Waals surface area contributed by atoms with Crippen LogP contribution in [0, 0.1) is 0 Å². The topological polar surface area (TPSA) is 55.1 Å². The van der Waals surface area contributed by atoms with Crippen molar-refractivity contribution in [3.05, 3.63) is 33.3 Å². The molecule has 0 heterocycles. The van der Waals surface area contributed by atoms with E-state index in [0.717, 1.165) is 10.9 Å². The van der Waals surface area contributed by atoms with Crippen molar-refractivity contribution < 1.29 is 4.79 Å². The zero-order chi connectivity index (χ0) is 12.1. The largest absolute Gasteiger partial charge is 0.348 e. The van der Waals surface area contributed by atoms with E-state index < -0.39 is 0 Å². The second kappa shape index (κ2) is 6.23. The Morgan fingerprint density at radius 2 is 2.31 bits per heavy atom. The second-order valence-corrected chi connectivity index (χ2v) is 4.73. The molecule has 1 atom stereocenters. The number of nitrogens with one attached hydrogen (secondary N) is 1. The number of carbonyl (C=O) groups is 1. The van der Waals surface area contributed by atoms with Crippen molar-refractivity contribution in [2.75, 3.05) is 6.54 Å². The molecule has 0 fully saturated rings. The van der Waals surface area contributed by atoms with Crippen molar-refractivity contribution in [3.63, 3.8) is 0 Å². The van der Waals surface area contributed by atoms with Crippen LogP contribution in [0.3, 0.4) is 0 Å². The Labute approximate surface area is 108 Å². The Bertz CT molecular complexity index is 380. The fourth-order valence-electron chi connectivity index (χ4n) is 1.26. The van der Waals surface area contributed by atoms with Crippen molar-refractivity contribution in [2.24, 2.45) is 5.73 Å². The number of halogens is 2. The van der Waals surface area contributed by atoms with Gasteiger partial charge in [-0.1, -0.05) is 18.5 Å². The Hall–Kier alpha value is -0.580. The second-order valence-electron chi connectivity index (χ2n) is 3.44. The fraction of sp³-hybridized carbons (Fsp3) is 0.364. The van der Waals surface area contributed by atoms with Gasteiger partial charge in [0.05, 0.1) is 5.56 Å². The molecule has 5 heteroatoms. The summed E-state index contributed by atoms with van der Waals surface area (Å²) in [5, 5.41) is 3.38. The molecule has 1 amide bonds. The van der Waals surface area contributed by atoms with E-state index in [1.54, 1.807) is 18.2 Å². The molecule has 0 radical (unpaired) electrons. The van der Waals surface area contributed by atoms with Crippen molar-refractivity contribution in [1.29, 1.82) is 0 Å². The van der Waals surface area contributed by atoms with Crippen molar-refractivity contribution in [1.82, 2.24) is 5.32 Å². The average Bonchev–Trinajstić information content (AvgIpc) is 2.28. The van der Waals surface area contributed by atoms with Crippen LogP contribution in [0.15, 0.2) is 22.7 Å². The number of hydrogen-bond acceptors (Lipinski definition) is 2. The van der Waals surface area contributed by atoms with Crippen LogP contribution in [0.25, 0.3) is 0 Å². The molecule has 0 spiro atoms. The maximum absolute atomic E-state index is 11.9. The molecule has 16 heavy (non-hydrogen) atoms. The monoisotopic (exact) mass is 304 g/mol. The van der Waals surface area contributed by atoms with E-state index >= 15 is 0 Å². The summed E-state index contributed by atoms with van der Waals surface area (Å²) in [6, 6.07) is 5.10. The Balaban J connectivity index is 2.83. The average molecular weight is 306 g/mol. The lowest BCUT2D eigenvalue weighted by molar-refractivity contribution is 0.0936. The molecule has 1 rings (SSSR count). The van der Waals surface area contributed by atoms with Crippen LogP contribution in [-0.4, -0.2) is 18.5 Å². The van der Waals surface area contributed by atoms with Gasteiger partial charge in [0.1, 0.15) is 0 Å². The van der Waals surface area contributed by atoms with E-state index in [-0.39, 0.29) is 11.9 Å². The van der Waals surface area contributed by atoms with E-state index in [1.165, 1.54) is 0 Å². The van der Waals surface area contributed by atoms with Crippen LogP contribution in [0.1, 0.15) is 23.7 Å². The molecule has 0 aliphatic carbocycles. The van der Waals surface area contributed by atoms with Gasteiger partial charge in [-0.2, -0.15) is 0 Å². The highest BCUT2D eigenvalue weighted by atomic mass is 79.9. The minimum atomic E-state index is -0.160. The highest BCUT2D eigenvalue weighted by molar-refractivity contribution is 9.10. The van der Waals surface area contributed by atoms with Crippen LogP contribution in [0.5, 0.6) is 0 Å². The zero-order valence-corrected chi connectivity index (χ0v) is 11.3. The molecule has 0 saturated carbocycles. The first-order chi connectivity index (χ1) is 7.58. The van der Waals surface area contributed by atoms with Gasteiger partial charge in [0.15, 0.2) is 0 Å². The van der Waals surface area contributed by atoms with Crippen LogP contribution < -0.4 is 11.1 Å². The highest BCUT2D eigenvalue weighted by Gasteiger charge is 2.13. The van der Waals surface area contributed by atoms with Gasteiger partial charge in [0.2, 0.25) is 0 Å². The Morgan fingerprint density at radius 1 is 1.62 bits per heavy atom. The number of carbonyl (C=O) groups excluding carboxylic acids is 1. The normalized spacial score (nSPS) is 12.2. The van der Waals surface area contributed by atoms with Crippen molar-refractivity contribution >= 4 is 33.4 Å². The number of hydrogen-bond donors (Lipinski definition) is 2. The summed E-state index contributed by atoms with van der Waals surface area (Å²) in [5.41, 5.74) is 6.05.